The molecule has 0 saturated carbocycles. The van der Waals surface area contributed by atoms with E-state index in [0.29, 0.717) is 11.6 Å². The molecular formula is C7H10Cl3NO. The molecule has 0 amide bonds. The predicted molar refractivity (Wildman–Crippen MR) is 51.8 cm³/mol. The summed E-state index contributed by atoms with van der Waals surface area (Å²) in [5.74, 6) is 0. The number of hydrogen-bond acceptors (Lipinski definition) is 2. The normalized spacial score (nSPS) is 19.2. The summed E-state index contributed by atoms with van der Waals surface area (Å²) in [7, 11) is 0. The Morgan fingerprint density at radius 3 is 2.25 bits per heavy atom. The molecule has 0 bridgehead atoms. The minimum absolute atomic E-state index is 0.156. The molecule has 0 aromatic carbocycles. The maximum atomic E-state index is 5.78. The van der Waals surface area contributed by atoms with Gasteiger partial charge in [0.25, 0.3) is 0 Å². The Labute approximate surface area is 87.0 Å². The zero-order chi connectivity index (χ0) is 8.97. The van der Waals surface area contributed by atoms with Crippen molar-refractivity contribution in [2.24, 2.45) is 0 Å². The van der Waals surface area contributed by atoms with Gasteiger partial charge in [-0.25, -0.2) is 0 Å². The Kier molecular flexibility index (Phi) is 4.69. The Morgan fingerprint density at radius 1 is 1.17 bits per heavy atom. The lowest BCUT2D eigenvalue weighted by molar-refractivity contribution is 0.0430. The molecule has 0 radical (unpaired) electrons. The van der Waals surface area contributed by atoms with Gasteiger partial charge in [0.15, 0.2) is 0 Å². The summed E-state index contributed by atoms with van der Waals surface area (Å²) < 4.78 is 5.33. The highest BCUT2D eigenvalue weighted by atomic mass is 35.5. The van der Waals surface area contributed by atoms with Crippen molar-refractivity contribution in [3.63, 3.8) is 0 Å². The van der Waals surface area contributed by atoms with Gasteiger partial charge in [-0.1, -0.05) is 34.8 Å². The van der Waals surface area contributed by atoms with Crippen LogP contribution in [-0.2, 0) is 4.74 Å². The molecular weight excluding hydrogens is 220 g/mol. The third-order valence-corrected chi connectivity index (χ3v) is 2.63. The molecule has 0 aliphatic carbocycles. The third kappa shape index (κ3) is 3.50. The molecule has 1 saturated heterocycles. The molecule has 70 valence electrons. The van der Waals surface area contributed by atoms with Crippen LogP contribution in [0, 0.1) is 0 Å². The fourth-order valence-electron chi connectivity index (χ4n) is 1.02. The topological polar surface area (TPSA) is 12.5 Å². The van der Waals surface area contributed by atoms with E-state index in [-0.39, 0.29) is 4.49 Å². The van der Waals surface area contributed by atoms with Crippen molar-refractivity contribution in [2.75, 3.05) is 32.8 Å². The van der Waals surface area contributed by atoms with E-state index in [0.717, 1.165) is 26.3 Å². The molecule has 0 spiro atoms. The summed E-state index contributed by atoms with van der Waals surface area (Å²) >= 11 is 16.8. The zero-order valence-corrected chi connectivity index (χ0v) is 8.79. The van der Waals surface area contributed by atoms with E-state index in [1.807, 2.05) is 0 Å². The Balaban J connectivity index is 2.34. The van der Waals surface area contributed by atoms with Crippen LogP contribution in [0.25, 0.3) is 0 Å². The molecule has 0 aromatic heterocycles. The van der Waals surface area contributed by atoms with Crippen molar-refractivity contribution in [2.45, 2.75) is 0 Å². The SMILES string of the molecule is ClC(Cl)=C(Cl)CN1CCOCC1. The molecule has 1 rings (SSSR count). The van der Waals surface area contributed by atoms with E-state index < -0.39 is 0 Å². The van der Waals surface area contributed by atoms with Crippen LogP contribution < -0.4 is 0 Å². The number of morpholine rings is 1. The molecule has 1 fully saturated rings. The second-order valence-corrected chi connectivity index (χ2v) is 3.96. The predicted octanol–water partition coefficient (Wildman–Crippen LogP) is 2.20. The number of halogens is 3. The van der Waals surface area contributed by atoms with Crippen LogP contribution in [0.4, 0.5) is 0 Å². The molecule has 0 atom stereocenters. The van der Waals surface area contributed by atoms with Crippen LogP contribution in [0.5, 0.6) is 0 Å². The first-order valence-corrected chi connectivity index (χ1v) is 4.83. The van der Waals surface area contributed by atoms with Gasteiger partial charge in [-0.05, 0) is 0 Å². The van der Waals surface area contributed by atoms with Crippen LogP contribution in [0.1, 0.15) is 0 Å². The van der Waals surface area contributed by atoms with Gasteiger partial charge in [0.05, 0.1) is 18.2 Å². The minimum Gasteiger partial charge on any atom is -0.379 e. The largest absolute Gasteiger partial charge is 0.379 e. The average molecular weight is 231 g/mol. The molecule has 1 heterocycles. The van der Waals surface area contributed by atoms with Gasteiger partial charge in [0, 0.05) is 19.6 Å². The van der Waals surface area contributed by atoms with Crippen molar-refractivity contribution in [3.8, 4) is 0 Å². The maximum absolute atomic E-state index is 5.78. The molecule has 2 nitrogen and oxygen atoms in total. The highest BCUT2D eigenvalue weighted by Gasteiger charge is 2.12. The van der Waals surface area contributed by atoms with E-state index in [4.69, 9.17) is 39.5 Å². The Morgan fingerprint density at radius 2 is 1.75 bits per heavy atom. The van der Waals surface area contributed by atoms with Gasteiger partial charge in [-0.2, -0.15) is 0 Å². The van der Waals surface area contributed by atoms with Gasteiger partial charge in [-0.3, -0.25) is 4.90 Å². The van der Waals surface area contributed by atoms with E-state index in [9.17, 15) is 0 Å². The molecule has 0 unspecified atom stereocenters. The maximum Gasteiger partial charge on any atom is 0.122 e. The summed E-state index contributed by atoms with van der Waals surface area (Å²) in [6, 6.07) is 0. The Bertz CT molecular complexity index is 173. The van der Waals surface area contributed by atoms with Crippen LogP contribution >= 0.6 is 34.8 Å². The van der Waals surface area contributed by atoms with E-state index in [1.54, 1.807) is 0 Å². The van der Waals surface area contributed by atoms with E-state index in [2.05, 4.69) is 4.90 Å². The van der Waals surface area contributed by atoms with Crippen molar-refractivity contribution in [1.82, 2.24) is 4.90 Å². The number of rotatable bonds is 2. The molecule has 0 N–H and O–H groups in total. The lowest BCUT2D eigenvalue weighted by Gasteiger charge is -2.26. The van der Waals surface area contributed by atoms with E-state index >= 15 is 0 Å². The van der Waals surface area contributed by atoms with Crippen LogP contribution in [-0.4, -0.2) is 37.7 Å². The summed E-state index contributed by atoms with van der Waals surface area (Å²) in [6.07, 6.45) is 0. The van der Waals surface area contributed by atoms with Crippen LogP contribution in [0.15, 0.2) is 9.52 Å². The summed E-state index contributed by atoms with van der Waals surface area (Å²) in [5.41, 5.74) is 0. The fraction of sp³-hybridized carbons (Fsp3) is 0.714. The van der Waals surface area contributed by atoms with Gasteiger partial charge < -0.3 is 4.74 Å². The smallest absolute Gasteiger partial charge is 0.122 e. The molecule has 12 heavy (non-hydrogen) atoms. The van der Waals surface area contributed by atoms with Crippen molar-refractivity contribution < 1.29 is 4.74 Å². The van der Waals surface area contributed by atoms with Crippen LogP contribution in [0.2, 0.25) is 0 Å². The summed E-state index contributed by atoms with van der Waals surface area (Å²) in [5, 5.41) is 0.500. The van der Waals surface area contributed by atoms with Crippen molar-refractivity contribution >= 4 is 34.8 Å². The third-order valence-electron chi connectivity index (χ3n) is 1.67. The lowest BCUT2D eigenvalue weighted by Crippen LogP contribution is -2.37. The number of nitrogens with zero attached hydrogens (tertiary/aromatic N) is 1. The molecule has 1 aliphatic rings. The molecule has 0 aromatic rings. The Hall–Kier alpha value is 0.530. The van der Waals surface area contributed by atoms with Gasteiger partial charge in [0.1, 0.15) is 4.49 Å². The first-order chi connectivity index (χ1) is 5.70. The first kappa shape index (κ1) is 10.6. The molecule has 1 aliphatic heterocycles. The second-order valence-electron chi connectivity index (χ2n) is 2.55. The zero-order valence-electron chi connectivity index (χ0n) is 6.52. The number of ether oxygens (including phenoxy) is 1. The average Bonchev–Trinajstić information content (AvgIpc) is 2.06. The molecule has 5 heteroatoms. The standard InChI is InChI=1S/C7H10Cl3NO/c8-6(7(9)10)5-11-1-3-12-4-2-11/h1-5H2. The van der Waals surface area contributed by atoms with Gasteiger partial charge >= 0.3 is 0 Å². The number of hydrogen-bond donors (Lipinski definition) is 0. The second kappa shape index (κ2) is 5.30. The highest BCUT2D eigenvalue weighted by molar-refractivity contribution is 6.59. The van der Waals surface area contributed by atoms with Crippen molar-refractivity contribution in [1.29, 1.82) is 0 Å². The van der Waals surface area contributed by atoms with Crippen LogP contribution in [0.3, 0.4) is 0 Å². The quantitative estimate of drug-likeness (QED) is 0.721. The lowest BCUT2D eigenvalue weighted by atomic mass is 10.4. The van der Waals surface area contributed by atoms with E-state index in [1.165, 1.54) is 0 Å². The summed E-state index contributed by atoms with van der Waals surface area (Å²) in [4.78, 5) is 2.15. The van der Waals surface area contributed by atoms with Gasteiger partial charge in [-0.15, -0.1) is 0 Å². The van der Waals surface area contributed by atoms with Gasteiger partial charge in [0.2, 0.25) is 0 Å². The van der Waals surface area contributed by atoms with Crippen molar-refractivity contribution in [3.05, 3.63) is 9.52 Å². The highest BCUT2D eigenvalue weighted by Crippen LogP contribution is 2.18. The minimum atomic E-state index is 0.156. The first-order valence-electron chi connectivity index (χ1n) is 3.70. The fourth-order valence-corrected chi connectivity index (χ4v) is 1.30. The summed E-state index contributed by atoms with van der Waals surface area (Å²) in [6.45, 7) is 3.90. The monoisotopic (exact) mass is 229 g/mol.